The van der Waals surface area contributed by atoms with Gasteiger partial charge in [0.1, 0.15) is 0 Å². The van der Waals surface area contributed by atoms with Crippen LogP contribution in [0.4, 0.5) is 0 Å². The van der Waals surface area contributed by atoms with Gasteiger partial charge >= 0.3 is 0 Å². The predicted molar refractivity (Wildman–Crippen MR) is 67.2 cm³/mol. The van der Waals surface area contributed by atoms with E-state index in [-0.39, 0.29) is 0 Å². The molecule has 0 radical (unpaired) electrons. The molecule has 0 aliphatic carbocycles. The predicted octanol–water partition coefficient (Wildman–Crippen LogP) is 1.74. The first-order valence-electron chi connectivity index (χ1n) is 5.24. The highest BCUT2D eigenvalue weighted by molar-refractivity contribution is 7.91. The van der Waals surface area contributed by atoms with E-state index in [1.165, 1.54) is 6.26 Å². The molecule has 2 N–H and O–H groups in total. The zero-order valence-electron chi connectivity index (χ0n) is 10.2. The minimum Gasteiger partial charge on any atom is -0.323 e. The second-order valence-electron chi connectivity index (χ2n) is 4.48. The summed E-state index contributed by atoms with van der Waals surface area (Å²) in [6, 6.07) is 5.47. The Morgan fingerprint density at radius 1 is 1.12 bits per heavy atom. The third-order valence-corrected chi connectivity index (χ3v) is 4.45. The summed E-state index contributed by atoms with van der Waals surface area (Å²) in [5.74, 6) is 0. The van der Waals surface area contributed by atoms with Crippen molar-refractivity contribution in [3.8, 4) is 0 Å². The van der Waals surface area contributed by atoms with E-state index in [0.717, 1.165) is 16.7 Å². The molecule has 4 heteroatoms. The second kappa shape index (κ2) is 4.55. The van der Waals surface area contributed by atoms with Crippen LogP contribution in [0.1, 0.15) is 29.7 Å². The van der Waals surface area contributed by atoms with E-state index in [9.17, 15) is 8.42 Å². The van der Waals surface area contributed by atoms with E-state index in [1.807, 2.05) is 32.0 Å². The van der Waals surface area contributed by atoms with Crippen LogP contribution in [0.5, 0.6) is 0 Å². The molecule has 0 spiro atoms. The first-order valence-corrected chi connectivity index (χ1v) is 7.20. The summed E-state index contributed by atoms with van der Waals surface area (Å²) in [5.41, 5.74) is 9.07. The maximum atomic E-state index is 11.4. The maximum absolute atomic E-state index is 11.4. The molecule has 0 saturated carbocycles. The molecule has 0 saturated heterocycles. The highest BCUT2D eigenvalue weighted by Gasteiger charge is 2.24. The van der Waals surface area contributed by atoms with Crippen LogP contribution in [0, 0.1) is 13.8 Å². The van der Waals surface area contributed by atoms with Crippen LogP contribution in [0.15, 0.2) is 18.2 Å². The van der Waals surface area contributed by atoms with Crippen molar-refractivity contribution >= 4 is 9.84 Å². The fourth-order valence-electron chi connectivity index (χ4n) is 1.74. The van der Waals surface area contributed by atoms with Crippen molar-refractivity contribution in [3.05, 3.63) is 34.9 Å². The molecule has 1 aromatic rings. The topological polar surface area (TPSA) is 60.2 Å². The quantitative estimate of drug-likeness (QED) is 0.876. The number of sulfone groups is 1. The third-order valence-electron chi connectivity index (χ3n) is 2.81. The molecular formula is C12H19NO2S. The number of aryl methyl sites for hydroxylation is 2. The van der Waals surface area contributed by atoms with E-state index in [0.29, 0.717) is 0 Å². The van der Waals surface area contributed by atoms with Gasteiger partial charge < -0.3 is 5.73 Å². The molecule has 0 amide bonds. The van der Waals surface area contributed by atoms with E-state index in [4.69, 9.17) is 5.73 Å². The smallest absolute Gasteiger partial charge is 0.151 e. The average Bonchev–Trinajstić information content (AvgIpc) is 2.12. The highest BCUT2D eigenvalue weighted by atomic mass is 32.2. The van der Waals surface area contributed by atoms with Crippen molar-refractivity contribution in [2.75, 3.05) is 6.26 Å². The molecule has 2 atom stereocenters. The van der Waals surface area contributed by atoms with Gasteiger partial charge in [0, 0.05) is 12.3 Å². The van der Waals surface area contributed by atoms with E-state index in [1.54, 1.807) is 6.92 Å². The van der Waals surface area contributed by atoms with Crippen molar-refractivity contribution in [1.82, 2.24) is 0 Å². The van der Waals surface area contributed by atoms with Crippen molar-refractivity contribution in [2.24, 2.45) is 5.73 Å². The normalized spacial score (nSPS) is 15.8. The summed E-state index contributed by atoms with van der Waals surface area (Å²) in [6.07, 6.45) is 1.22. The molecular weight excluding hydrogens is 222 g/mol. The summed E-state index contributed by atoms with van der Waals surface area (Å²) in [5, 5.41) is -0.561. The lowest BCUT2D eigenvalue weighted by Gasteiger charge is -2.19. The van der Waals surface area contributed by atoms with Gasteiger partial charge in [0.25, 0.3) is 0 Å². The van der Waals surface area contributed by atoms with Crippen LogP contribution in [0.3, 0.4) is 0 Å². The van der Waals surface area contributed by atoms with Gasteiger partial charge in [-0.3, -0.25) is 0 Å². The Morgan fingerprint density at radius 3 is 1.94 bits per heavy atom. The van der Waals surface area contributed by atoms with Gasteiger partial charge in [0.2, 0.25) is 0 Å². The SMILES string of the molecule is Cc1cc(C)cc(C(N)C(C)S(C)(=O)=O)c1. The van der Waals surface area contributed by atoms with Gasteiger partial charge in [-0.15, -0.1) is 0 Å². The van der Waals surface area contributed by atoms with Crippen molar-refractivity contribution < 1.29 is 8.42 Å². The fraction of sp³-hybridized carbons (Fsp3) is 0.500. The van der Waals surface area contributed by atoms with Gasteiger partial charge in [0.15, 0.2) is 9.84 Å². The van der Waals surface area contributed by atoms with E-state index in [2.05, 4.69) is 0 Å². The van der Waals surface area contributed by atoms with Crippen LogP contribution in [0.2, 0.25) is 0 Å². The molecule has 0 bridgehead atoms. The Morgan fingerprint density at radius 2 is 1.56 bits per heavy atom. The second-order valence-corrected chi connectivity index (χ2v) is 6.88. The first kappa shape index (κ1) is 13.2. The summed E-state index contributed by atoms with van der Waals surface area (Å²) in [4.78, 5) is 0. The Hall–Kier alpha value is -0.870. The maximum Gasteiger partial charge on any atom is 0.151 e. The minimum absolute atomic E-state index is 0.464. The average molecular weight is 241 g/mol. The van der Waals surface area contributed by atoms with Crippen LogP contribution in [0.25, 0.3) is 0 Å². The van der Waals surface area contributed by atoms with Crippen LogP contribution in [-0.4, -0.2) is 19.9 Å². The zero-order chi connectivity index (χ0) is 12.5. The molecule has 0 aromatic heterocycles. The Bertz CT molecular complexity index is 460. The first-order chi connectivity index (χ1) is 7.21. The summed E-state index contributed by atoms with van der Waals surface area (Å²) in [6.45, 7) is 5.61. The molecule has 90 valence electrons. The lowest BCUT2D eigenvalue weighted by molar-refractivity contribution is 0.570. The molecule has 16 heavy (non-hydrogen) atoms. The summed E-state index contributed by atoms with van der Waals surface area (Å²) >= 11 is 0. The van der Waals surface area contributed by atoms with Crippen LogP contribution in [-0.2, 0) is 9.84 Å². The lowest BCUT2D eigenvalue weighted by Crippen LogP contribution is -2.30. The van der Waals surface area contributed by atoms with E-state index < -0.39 is 21.1 Å². The van der Waals surface area contributed by atoms with Crippen LogP contribution < -0.4 is 5.73 Å². The zero-order valence-corrected chi connectivity index (χ0v) is 11.0. The molecule has 1 rings (SSSR count). The Balaban J connectivity index is 3.10. The monoisotopic (exact) mass is 241 g/mol. The molecule has 0 aliphatic rings. The number of hydrogen-bond acceptors (Lipinski definition) is 3. The largest absolute Gasteiger partial charge is 0.323 e. The molecule has 0 fully saturated rings. The third kappa shape index (κ3) is 3.06. The minimum atomic E-state index is -3.10. The standard InChI is InChI=1S/C12H19NO2S/c1-8-5-9(2)7-11(6-8)12(13)10(3)16(4,14)15/h5-7,10,12H,13H2,1-4H3. The molecule has 0 heterocycles. The number of nitrogens with two attached hydrogens (primary N) is 1. The fourth-order valence-corrected chi connectivity index (χ4v) is 2.43. The van der Waals surface area contributed by atoms with Gasteiger partial charge in [-0.25, -0.2) is 8.42 Å². The van der Waals surface area contributed by atoms with Gasteiger partial charge in [-0.1, -0.05) is 29.3 Å². The van der Waals surface area contributed by atoms with Gasteiger partial charge in [0.05, 0.1) is 5.25 Å². The van der Waals surface area contributed by atoms with Gasteiger partial charge in [-0.05, 0) is 26.3 Å². The summed E-state index contributed by atoms with van der Waals surface area (Å²) in [7, 11) is -3.10. The van der Waals surface area contributed by atoms with E-state index >= 15 is 0 Å². The summed E-state index contributed by atoms with van der Waals surface area (Å²) < 4.78 is 22.9. The molecule has 3 nitrogen and oxygen atoms in total. The number of hydrogen-bond donors (Lipinski definition) is 1. The van der Waals surface area contributed by atoms with Crippen LogP contribution >= 0.6 is 0 Å². The number of rotatable bonds is 3. The lowest BCUT2D eigenvalue weighted by atomic mass is 10.0. The molecule has 1 aromatic carbocycles. The van der Waals surface area contributed by atoms with Gasteiger partial charge in [-0.2, -0.15) is 0 Å². The van der Waals surface area contributed by atoms with Crippen molar-refractivity contribution in [1.29, 1.82) is 0 Å². The van der Waals surface area contributed by atoms with Crippen molar-refractivity contribution in [2.45, 2.75) is 32.1 Å². The highest BCUT2D eigenvalue weighted by Crippen LogP contribution is 2.21. The van der Waals surface area contributed by atoms with Crippen molar-refractivity contribution in [3.63, 3.8) is 0 Å². The molecule has 0 aliphatic heterocycles. The molecule has 2 unspecified atom stereocenters. The number of benzene rings is 1. The Labute approximate surface area is 97.6 Å². The Kier molecular flexibility index (Phi) is 3.76.